The lowest BCUT2D eigenvalue weighted by Crippen LogP contribution is -2.30. The summed E-state index contributed by atoms with van der Waals surface area (Å²) in [6, 6.07) is 0. The van der Waals surface area contributed by atoms with Gasteiger partial charge >= 0.3 is 39.5 Å². The SMILES string of the molecule is CCCCCCCCCC(=O)O[C@H](COC(=O)CCCCCCC)COP(=O)(O)OC[C@H](O)COP(=O)(O)OC[C@@H](COC(=O)CCCCCCCCC(C)CC)OC(=O)CCCCCCCCCCCCCCCCC(C)CC. The van der Waals surface area contributed by atoms with Crippen LogP contribution in [0, 0.1) is 11.8 Å². The molecule has 0 aliphatic rings. The molecule has 17 nitrogen and oxygen atoms in total. The molecule has 0 aromatic carbocycles. The number of hydrogen-bond donors (Lipinski definition) is 3. The number of phosphoric acid groups is 2. The van der Waals surface area contributed by atoms with E-state index in [0.717, 1.165) is 127 Å². The highest BCUT2D eigenvalue weighted by Crippen LogP contribution is 2.45. The summed E-state index contributed by atoms with van der Waals surface area (Å²) in [5.74, 6) is -0.578. The molecule has 0 aromatic rings. The maximum atomic E-state index is 12.9. The van der Waals surface area contributed by atoms with Crippen LogP contribution < -0.4 is 0 Å². The summed E-state index contributed by atoms with van der Waals surface area (Å²) >= 11 is 0. The van der Waals surface area contributed by atoms with E-state index in [9.17, 15) is 43.2 Å². The predicted molar refractivity (Wildman–Crippen MR) is 317 cm³/mol. The zero-order valence-electron chi connectivity index (χ0n) is 51.4. The van der Waals surface area contributed by atoms with E-state index in [1.165, 1.54) is 89.9 Å². The minimum Gasteiger partial charge on any atom is -0.462 e. The molecule has 7 atom stereocenters. The normalized spacial score (nSPS) is 15.1. The van der Waals surface area contributed by atoms with Crippen molar-refractivity contribution in [2.24, 2.45) is 11.8 Å². The minimum absolute atomic E-state index is 0.102. The van der Waals surface area contributed by atoms with Gasteiger partial charge in [-0.3, -0.25) is 37.3 Å². The van der Waals surface area contributed by atoms with E-state index in [1.807, 2.05) is 0 Å². The van der Waals surface area contributed by atoms with Crippen molar-refractivity contribution >= 4 is 39.5 Å². The lowest BCUT2D eigenvalue weighted by atomic mass is 9.99. The van der Waals surface area contributed by atoms with Crippen LogP contribution in [-0.4, -0.2) is 96.7 Å². The van der Waals surface area contributed by atoms with Gasteiger partial charge in [0.2, 0.25) is 0 Å². The van der Waals surface area contributed by atoms with Gasteiger partial charge in [0.05, 0.1) is 26.4 Å². The fourth-order valence-corrected chi connectivity index (χ4v) is 10.5. The van der Waals surface area contributed by atoms with Crippen molar-refractivity contribution in [2.45, 2.75) is 317 Å². The second kappa shape index (κ2) is 53.8. The average molecular weight is 1190 g/mol. The third kappa shape index (κ3) is 52.8. The third-order valence-corrected chi connectivity index (χ3v) is 16.6. The fraction of sp³-hybridized carbons (Fsp3) is 0.934. The first-order chi connectivity index (χ1) is 38.4. The fourth-order valence-electron chi connectivity index (χ4n) is 8.94. The van der Waals surface area contributed by atoms with Crippen LogP contribution in [0.15, 0.2) is 0 Å². The monoisotopic (exact) mass is 1180 g/mol. The van der Waals surface area contributed by atoms with Crippen LogP contribution in [0.2, 0.25) is 0 Å². The summed E-state index contributed by atoms with van der Waals surface area (Å²) in [6.07, 6.45) is 35.3. The molecule has 19 heteroatoms. The maximum Gasteiger partial charge on any atom is 0.472 e. The van der Waals surface area contributed by atoms with Crippen molar-refractivity contribution in [1.82, 2.24) is 0 Å². The van der Waals surface area contributed by atoms with E-state index >= 15 is 0 Å². The molecule has 0 fully saturated rings. The summed E-state index contributed by atoms with van der Waals surface area (Å²) in [7, 11) is -9.87. The molecule has 0 spiro atoms. The second-order valence-electron chi connectivity index (χ2n) is 22.6. The first-order valence-corrected chi connectivity index (χ1v) is 35.1. The van der Waals surface area contributed by atoms with Gasteiger partial charge < -0.3 is 33.8 Å². The summed E-state index contributed by atoms with van der Waals surface area (Å²) < 4.78 is 67.5. The van der Waals surface area contributed by atoms with Crippen LogP contribution in [0.25, 0.3) is 0 Å². The zero-order valence-corrected chi connectivity index (χ0v) is 53.2. The van der Waals surface area contributed by atoms with Crippen molar-refractivity contribution in [3.05, 3.63) is 0 Å². The van der Waals surface area contributed by atoms with E-state index in [1.54, 1.807) is 0 Å². The molecule has 474 valence electrons. The van der Waals surface area contributed by atoms with Crippen molar-refractivity contribution in [3.8, 4) is 0 Å². The van der Waals surface area contributed by atoms with Crippen LogP contribution in [0.4, 0.5) is 0 Å². The van der Waals surface area contributed by atoms with Crippen LogP contribution >= 0.6 is 15.6 Å². The quantitative estimate of drug-likeness (QED) is 0.0222. The lowest BCUT2D eigenvalue weighted by molar-refractivity contribution is -0.161. The Bertz CT molecular complexity index is 1590. The van der Waals surface area contributed by atoms with Crippen molar-refractivity contribution in [2.75, 3.05) is 39.6 Å². The molecule has 0 heterocycles. The number of aliphatic hydroxyl groups excluding tert-OH is 1. The Hall–Kier alpha value is -1.94. The molecule has 0 aliphatic heterocycles. The number of carbonyl (C=O) groups is 4. The topological polar surface area (TPSA) is 237 Å². The Morgan fingerprint density at radius 2 is 0.600 bits per heavy atom. The Morgan fingerprint density at radius 3 is 0.887 bits per heavy atom. The Morgan fingerprint density at radius 1 is 0.350 bits per heavy atom. The molecule has 0 saturated heterocycles. The second-order valence-corrected chi connectivity index (χ2v) is 25.5. The van der Waals surface area contributed by atoms with Crippen LogP contribution in [0.3, 0.4) is 0 Å². The van der Waals surface area contributed by atoms with E-state index < -0.39 is 97.5 Å². The molecule has 0 rings (SSSR count). The van der Waals surface area contributed by atoms with Crippen LogP contribution in [-0.2, 0) is 65.4 Å². The Labute approximate surface area is 486 Å². The van der Waals surface area contributed by atoms with Gasteiger partial charge in [0.15, 0.2) is 12.2 Å². The van der Waals surface area contributed by atoms with E-state index in [2.05, 4.69) is 41.5 Å². The average Bonchev–Trinajstić information content (AvgIpc) is 3.43. The Balaban J connectivity index is 5.12. The van der Waals surface area contributed by atoms with Gasteiger partial charge in [-0.1, -0.05) is 247 Å². The number of aliphatic hydroxyl groups is 1. The van der Waals surface area contributed by atoms with Gasteiger partial charge in [-0.2, -0.15) is 0 Å². The molecule has 3 N–H and O–H groups in total. The molecule has 0 saturated carbocycles. The number of hydrogen-bond acceptors (Lipinski definition) is 15. The number of rotatable bonds is 60. The van der Waals surface area contributed by atoms with Crippen molar-refractivity contribution in [3.63, 3.8) is 0 Å². The predicted octanol–water partition coefficient (Wildman–Crippen LogP) is 16.5. The Kier molecular flexibility index (Phi) is 52.5. The number of esters is 4. The summed E-state index contributed by atoms with van der Waals surface area (Å²) in [5.41, 5.74) is 0. The number of phosphoric ester groups is 2. The van der Waals surface area contributed by atoms with Gasteiger partial charge in [-0.15, -0.1) is 0 Å². The van der Waals surface area contributed by atoms with Crippen molar-refractivity contribution < 1.29 is 80.2 Å². The number of unbranched alkanes of at least 4 members (excludes halogenated alkanes) is 28. The van der Waals surface area contributed by atoms with Crippen LogP contribution in [0.1, 0.15) is 298 Å². The summed E-state index contributed by atoms with van der Waals surface area (Å²) in [5, 5.41) is 10.5. The van der Waals surface area contributed by atoms with Gasteiger partial charge in [0.1, 0.15) is 19.3 Å². The standard InChI is InChI=1S/C61H118O17P2/c1-7-11-13-15-24-33-39-45-60(65)77-56(49-71-58(63)43-37-29-14-12-8-2)51-75-79(67,68)73-47-55(62)48-74-80(69,70)76-52-57(50-72-59(64)44-38-32-28-27-31-36-42-54(6)10-4)78-61(66)46-40-34-26-23-21-19-17-16-18-20-22-25-30-35-41-53(5)9-3/h53-57,62H,7-52H2,1-6H3,(H,67,68)(H,69,70)/t53?,54?,55-,56+,57+/m0/s1. The molecule has 0 amide bonds. The summed E-state index contributed by atoms with van der Waals surface area (Å²) in [4.78, 5) is 71.7. The molecule has 0 radical (unpaired) electrons. The van der Waals surface area contributed by atoms with E-state index in [-0.39, 0.29) is 25.7 Å². The minimum atomic E-state index is -4.94. The van der Waals surface area contributed by atoms with Gasteiger partial charge in [-0.05, 0) is 37.5 Å². The van der Waals surface area contributed by atoms with Gasteiger partial charge in [0, 0.05) is 25.7 Å². The first kappa shape index (κ1) is 78.1. The largest absolute Gasteiger partial charge is 0.472 e. The van der Waals surface area contributed by atoms with E-state index in [4.69, 9.17) is 37.0 Å². The highest BCUT2D eigenvalue weighted by Gasteiger charge is 2.30. The van der Waals surface area contributed by atoms with Gasteiger partial charge in [0.25, 0.3) is 0 Å². The molecular formula is C61H118O17P2. The molecule has 80 heavy (non-hydrogen) atoms. The van der Waals surface area contributed by atoms with Gasteiger partial charge in [-0.25, -0.2) is 9.13 Å². The third-order valence-electron chi connectivity index (χ3n) is 14.7. The number of ether oxygens (including phenoxy) is 4. The van der Waals surface area contributed by atoms with Crippen LogP contribution in [0.5, 0.6) is 0 Å². The molecular weight excluding hydrogens is 1070 g/mol. The molecule has 0 bridgehead atoms. The van der Waals surface area contributed by atoms with Crippen molar-refractivity contribution in [1.29, 1.82) is 0 Å². The van der Waals surface area contributed by atoms with E-state index in [0.29, 0.717) is 25.7 Å². The maximum absolute atomic E-state index is 12.9. The molecule has 0 aliphatic carbocycles. The highest BCUT2D eigenvalue weighted by molar-refractivity contribution is 7.47. The zero-order chi connectivity index (χ0) is 59.4. The molecule has 0 aromatic heterocycles. The molecule has 4 unspecified atom stereocenters. The lowest BCUT2D eigenvalue weighted by Gasteiger charge is -2.21. The first-order valence-electron chi connectivity index (χ1n) is 32.1. The smallest absolute Gasteiger partial charge is 0.462 e. The summed E-state index contributed by atoms with van der Waals surface area (Å²) in [6.45, 7) is 9.35. The number of carbonyl (C=O) groups excluding carboxylic acids is 4. The highest BCUT2D eigenvalue weighted by atomic mass is 31.2.